The van der Waals surface area contributed by atoms with Gasteiger partial charge < -0.3 is 19.1 Å². The van der Waals surface area contributed by atoms with Crippen LogP contribution in [-0.2, 0) is 9.59 Å². The smallest absolute Gasteiger partial charge is 0.280 e. The molecule has 1 N–H and O–H groups in total. The molecule has 2 aromatic heterocycles. The molecule has 12 heteroatoms. The van der Waals surface area contributed by atoms with Crippen molar-refractivity contribution < 1.29 is 27.9 Å². The number of benzene rings is 1. The third-order valence-electron chi connectivity index (χ3n) is 6.59. The molecule has 1 saturated heterocycles. The second-order valence-corrected chi connectivity index (χ2v) is 9.10. The number of hydrogen-bond donors (Lipinski definition) is 1. The van der Waals surface area contributed by atoms with Crippen molar-refractivity contribution in [2.24, 2.45) is 0 Å². The maximum Gasteiger partial charge on any atom is 0.280 e. The molecule has 206 valence electrons. The van der Waals surface area contributed by atoms with Crippen LogP contribution >= 0.6 is 0 Å². The topological polar surface area (TPSA) is 110 Å². The number of pyridine rings is 1. The molecule has 0 bridgehead atoms. The van der Waals surface area contributed by atoms with E-state index >= 15 is 0 Å². The van der Waals surface area contributed by atoms with Crippen LogP contribution in [0.2, 0.25) is 0 Å². The number of carbonyl (C=O) groups excluding carboxylic acids is 3. The fourth-order valence-electron chi connectivity index (χ4n) is 4.80. The van der Waals surface area contributed by atoms with Gasteiger partial charge in [-0.2, -0.15) is 0 Å². The number of halogens is 2. The van der Waals surface area contributed by atoms with Crippen molar-refractivity contribution in [1.82, 2.24) is 19.4 Å². The zero-order chi connectivity index (χ0) is 28.1. The van der Waals surface area contributed by atoms with Crippen LogP contribution in [0.3, 0.4) is 0 Å². The highest BCUT2D eigenvalue weighted by atomic mass is 19.3. The van der Waals surface area contributed by atoms with Gasteiger partial charge in [-0.05, 0) is 56.5 Å². The minimum Gasteiger partial charge on any atom is -0.492 e. The number of alkyl halides is 2. The van der Waals surface area contributed by atoms with E-state index in [1.54, 1.807) is 28.6 Å². The molecule has 1 aliphatic rings. The molecule has 0 saturated carbocycles. The van der Waals surface area contributed by atoms with E-state index in [-0.39, 0.29) is 23.5 Å². The van der Waals surface area contributed by atoms with Crippen molar-refractivity contribution in [2.75, 3.05) is 37.0 Å². The molecule has 0 aliphatic carbocycles. The van der Waals surface area contributed by atoms with Crippen molar-refractivity contribution in [3.05, 3.63) is 54.4 Å². The van der Waals surface area contributed by atoms with Crippen LogP contribution in [0.5, 0.6) is 5.75 Å². The lowest BCUT2D eigenvalue weighted by Crippen LogP contribution is -2.34. The Balaban J connectivity index is 1.89. The number of imidazole rings is 1. The van der Waals surface area contributed by atoms with Gasteiger partial charge in [0.05, 0.1) is 23.7 Å². The molecule has 3 amide bonds. The van der Waals surface area contributed by atoms with E-state index in [0.29, 0.717) is 55.0 Å². The molecular formula is C27H30F2N6O4. The Morgan fingerprint density at radius 2 is 2.10 bits per heavy atom. The molecule has 3 aromatic rings. The lowest BCUT2D eigenvalue weighted by atomic mass is 10.1. The van der Waals surface area contributed by atoms with Crippen LogP contribution in [0.15, 0.2) is 43.1 Å². The second-order valence-electron chi connectivity index (χ2n) is 9.10. The van der Waals surface area contributed by atoms with Gasteiger partial charge in [-0.15, -0.1) is 0 Å². The molecule has 39 heavy (non-hydrogen) atoms. The Bertz CT molecular complexity index is 1390. The van der Waals surface area contributed by atoms with Crippen molar-refractivity contribution in [3.8, 4) is 5.75 Å². The Kier molecular flexibility index (Phi) is 8.52. The first kappa shape index (κ1) is 27.7. The first-order valence-corrected chi connectivity index (χ1v) is 12.6. The molecule has 4 rings (SSSR count). The van der Waals surface area contributed by atoms with Gasteiger partial charge in [0, 0.05) is 31.9 Å². The van der Waals surface area contributed by atoms with Crippen molar-refractivity contribution >= 4 is 40.9 Å². The monoisotopic (exact) mass is 540 g/mol. The fourth-order valence-corrected chi connectivity index (χ4v) is 4.80. The number of amides is 3. The largest absolute Gasteiger partial charge is 0.492 e. The van der Waals surface area contributed by atoms with Crippen molar-refractivity contribution in [2.45, 2.75) is 38.7 Å². The second kappa shape index (κ2) is 12.0. The SMILES string of the molecule is C=CC(=O)N1CCCCC(n2c(NC(=O)c3ccnc(C(F)F)c3)nc3ccc(OCC)c(N(C)C=O)c32)C1. The maximum absolute atomic E-state index is 13.2. The molecule has 1 atom stereocenters. The zero-order valence-electron chi connectivity index (χ0n) is 21.8. The lowest BCUT2D eigenvalue weighted by molar-refractivity contribution is -0.126. The predicted molar refractivity (Wildman–Crippen MR) is 142 cm³/mol. The van der Waals surface area contributed by atoms with Gasteiger partial charge in [-0.1, -0.05) is 6.58 Å². The summed E-state index contributed by atoms with van der Waals surface area (Å²) in [6, 6.07) is 5.45. The normalized spacial score (nSPS) is 15.6. The molecule has 1 unspecified atom stereocenters. The summed E-state index contributed by atoms with van der Waals surface area (Å²) in [4.78, 5) is 49.1. The molecule has 1 fully saturated rings. The van der Waals surface area contributed by atoms with Crippen LogP contribution in [0, 0.1) is 0 Å². The highest BCUT2D eigenvalue weighted by Crippen LogP contribution is 2.40. The van der Waals surface area contributed by atoms with Crippen LogP contribution in [0.25, 0.3) is 11.0 Å². The van der Waals surface area contributed by atoms with Crippen LogP contribution < -0.4 is 15.0 Å². The fraction of sp³-hybridized carbons (Fsp3) is 0.370. The minimum absolute atomic E-state index is 0.0107. The summed E-state index contributed by atoms with van der Waals surface area (Å²) in [5.74, 6) is -0.272. The van der Waals surface area contributed by atoms with E-state index in [4.69, 9.17) is 4.74 Å². The molecule has 0 spiro atoms. The van der Waals surface area contributed by atoms with Gasteiger partial charge in [0.15, 0.2) is 0 Å². The summed E-state index contributed by atoms with van der Waals surface area (Å²) < 4.78 is 34.0. The first-order valence-electron chi connectivity index (χ1n) is 12.6. The van der Waals surface area contributed by atoms with Gasteiger partial charge in [0.2, 0.25) is 18.3 Å². The van der Waals surface area contributed by atoms with Gasteiger partial charge in [0.1, 0.15) is 17.1 Å². The number of ether oxygens (including phenoxy) is 1. The maximum atomic E-state index is 13.2. The van der Waals surface area contributed by atoms with Gasteiger partial charge in [-0.25, -0.2) is 13.8 Å². The molecule has 3 heterocycles. The zero-order valence-corrected chi connectivity index (χ0v) is 21.8. The number of hydrogen-bond acceptors (Lipinski definition) is 6. The van der Waals surface area contributed by atoms with Gasteiger partial charge in [0.25, 0.3) is 12.3 Å². The third-order valence-corrected chi connectivity index (χ3v) is 6.59. The summed E-state index contributed by atoms with van der Waals surface area (Å²) in [6.45, 7) is 6.64. The Morgan fingerprint density at radius 1 is 1.31 bits per heavy atom. The van der Waals surface area contributed by atoms with Crippen LogP contribution in [-0.4, -0.2) is 64.4 Å². The summed E-state index contributed by atoms with van der Waals surface area (Å²) in [5, 5.41) is 2.76. The van der Waals surface area contributed by atoms with E-state index in [1.165, 1.54) is 17.0 Å². The number of nitrogens with zero attached hydrogens (tertiary/aromatic N) is 5. The Labute approximate surface area is 224 Å². The van der Waals surface area contributed by atoms with Crippen LogP contribution in [0.4, 0.5) is 20.4 Å². The summed E-state index contributed by atoms with van der Waals surface area (Å²) >= 11 is 0. The number of nitrogens with one attached hydrogen (secondary N) is 1. The standard InChI is InChI=1S/C27H30F2N6O4/c1-4-22(37)34-13-7-6-8-18(15-34)35-23-19(9-10-21(39-5-2)24(23)33(3)16-36)31-27(35)32-26(38)17-11-12-30-20(14-17)25(28)29/h4,9-12,14,16,18,25H,1,5-8,13,15H2,2-3H3,(H,31,32,38). The third kappa shape index (κ3) is 5.74. The van der Waals surface area contributed by atoms with Gasteiger partial charge >= 0.3 is 0 Å². The minimum atomic E-state index is -2.83. The van der Waals surface area contributed by atoms with E-state index in [9.17, 15) is 23.2 Å². The average molecular weight is 541 g/mol. The Morgan fingerprint density at radius 3 is 2.79 bits per heavy atom. The molecule has 10 nitrogen and oxygen atoms in total. The quantitative estimate of drug-likeness (QED) is 0.319. The van der Waals surface area contributed by atoms with E-state index in [2.05, 4.69) is 21.9 Å². The van der Waals surface area contributed by atoms with Crippen molar-refractivity contribution in [1.29, 1.82) is 0 Å². The summed E-state index contributed by atoms with van der Waals surface area (Å²) in [7, 11) is 1.59. The molecule has 1 aromatic carbocycles. The molecule has 1 aliphatic heterocycles. The predicted octanol–water partition coefficient (Wildman–Crippen LogP) is 4.35. The highest BCUT2D eigenvalue weighted by Gasteiger charge is 2.29. The van der Waals surface area contributed by atoms with E-state index in [1.807, 2.05) is 6.92 Å². The summed E-state index contributed by atoms with van der Waals surface area (Å²) in [6.07, 6.45) is 2.46. The van der Waals surface area contributed by atoms with E-state index in [0.717, 1.165) is 25.1 Å². The summed E-state index contributed by atoms with van der Waals surface area (Å²) in [5.41, 5.74) is 0.934. The number of carbonyl (C=O) groups is 3. The number of aromatic nitrogens is 3. The average Bonchev–Trinajstić information content (AvgIpc) is 3.12. The number of anilines is 2. The molecule has 0 radical (unpaired) electrons. The Hall–Kier alpha value is -4.35. The number of rotatable bonds is 9. The lowest BCUT2D eigenvalue weighted by Gasteiger charge is -2.27. The van der Waals surface area contributed by atoms with E-state index < -0.39 is 18.0 Å². The van der Waals surface area contributed by atoms with Gasteiger partial charge in [-0.3, -0.25) is 24.7 Å². The number of fused-ring (bicyclic) bond motifs is 1. The van der Waals surface area contributed by atoms with Crippen LogP contribution in [0.1, 0.15) is 54.7 Å². The number of likely N-dealkylation sites (tertiary alicyclic amines) is 1. The molecular weight excluding hydrogens is 510 g/mol. The van der Waals surface area contributed by atoms with Crippen molar-refractivity contribution in [3.63, 3.8) is 0 Å². The highest BCUT2D eigenvalue weighted by molar-refractivity contribution is 6.05. The first-order chi connectivity index (χ1) is 18.8.